The number of anilines is 1. The van der Waals surface area contributed by atoms with Crippen LogP contribution in [0.1, 0.15) is 10.4 Å². The lowest BCUT2D eigenvalue weighted by molar-refractivity contribution is 0.0974. The van der Waals surface area contributed by atoms with Crippen molar-refractivity contribution in [2.24, 2.45) is 0 Å². The number of carbonyl (C=O) groups excluding carboxylic acids is 1. The second kappa shape index (κ2) is 6.85. The van der Waals surface area contributed by atoms with Gasteiger partial charge in [-0.05, 0) is 42.5 Å². The molecule has 0 atom stereocenters. The highest BCUT2D eigenvalue weighted by molar-refractivity contribution is 7.80. The minimum absolute atomic E-state index is 0.00692. The Balaban J connectivity index is 2.05. The van der Waals surface area contributed by atoms with Crippen molar-refractivity contribution < 1.29 is 9.18 Å². The molecule has 0 spiro atoms. The van der Waals surface area contributed by atoms with Gasteiger partial charge in [0.25, 0.3) is 5.91 Å². The summed E-state index contributed by atoms with van der Waals surface area (Å²) in [5, 5.41) is 5.96. The van der Waals surface area contributed by atoms with Crippen LogP contribution in [0.25, 0.3) is 0 Å². The highest BCUT2D eigenvalue weighted by Crippen LogP contribution is 2.25. The molecule has 1 amide bonds. The van der Waals surface area contributed by atoms with E-state index >= 15 is 0 Å². The third-order valence-electron chi connectivity index (χ3n) is 2.52. The molecular weight excluding hydrogens is 334 g/mol. The number of rotatable bonds is 2. The number of carbonyl (C=O) groups is 1. The molecule has 0 aliphatic heterocycles. The van der Waals surface area contributed by atoms with E-state index < -0.39 is 11.7 Å². The SMILES string of the molecule is O=C(NC(=S)Nc1ccc(Cl)cc1Cl)c1ccccc1F. The van der Waals surface area contributed by atoms with Gasteiger partial charge < -0.3 is 5.32 Å². The van der Waals surface area contributed by atoms with Gasteiger partial charge in [0.2, 0.25) is 0 Å². The molecule has 0 aromatic heterocycles. The van der Waals surface area contributed by atoms with Crippen LogP contribution in [0, 0.1) is 5.82 Å². The zero-order valence-corrected chi connectivity index (χ0v) is 12.8. The predicted molar refractivity (Wildman–Crippen MR) is 86.5 cm³/mol. The summed E-state index contributed by atoms with van der Waals surface area (Å²) in [5.74, 6) is -1.27. The van der Waals surface area contributed by atoms with Gasteiger partial charge in [-0.25, -0.2) is 4.39 Å². The van der Waals surface area contributed by atoms with Crippen LogP contribution in [0.15, 0.2) is 42.5 Å². The van der Waals surface area contributed by atoms with Crippen LogP contribution in [0.4, 0.5) is 10.1 Å². The molecular formula is C14H9Cl2FN2OS. The molecule has 0 aliphatic rings. The van der Waals surface area contributed by atoms with E-state index in [1.807, 2.05) is 0 Å². The topological polar surface area (TPSA) is 41.1 Å². The van der Waals surface area contributed by atoms with Crippen molar-refractivity contribution in [1.82, 2.24) is 5.32 Å². The van der Waals surface area contributed by atoms with Gasteiger partial charge in [-0.2, -0.15) is 0 Å². The zero-order chi connectivity index (χ0) is 15.4. The van der Waals surface area contributed by atoms with E-state index in [0.717, 1.165) is 0 Å². The third kappa shape index (κ3) is 4.14. The minimum Gasteiger partial charge on any atom is -0.331 e. The van der Waals surface area contributed by atoms with Crippen LogP contribution in [0.2, 0.25) is 10.0 Å². The lowest BCUT2D eigenvalue weighted by atomic mass is 10.2. The molecule has 108 valence electrons. The van der Waals surface area contributed by atoms with Crippen molar-refractivity contribution in [2.45, 2.75) is 0 Å². The van der Waals surface area contributed by atoms with E-state index in [4.69, 9.17) is 35.4 Å². The molecule has 2 aromatic rings. The highest BCUT2D eigenvalue weighted by atomic mass is 35.5. The second-order valence-corrected chi connectivity index (χ2v) is 5.26. The summed E-state index contributed by atoms with van der Waals surface area (Å²) >= 11 is 16.7. The highest BCUT2D eigenvalue weighted by Gasteiger charge is 2.12. The molecule has 7 heteroatoms. The van der Waals surface area contributed by atoms with Gasteiger partial charge in [0.15, 0.2) is 5.11 Å². The second-order valence-electron chi connectivity index (χ2n) is 4.01. The van der Waals surface area contributed by atoms with E-state index in [-0.39, 0.29) is 10.7 Å². The Kier molecular flexibility index (Phi) is 5.12. The predicted octanol–water partition coefficient (Wildman–Crippen LogP) is 4.26. The quantitative estimate of drug-likeness (QED) is 0.801. The van der Waals surface area contributed by atoms with Crippen LogP contribution >= 0.6 is 35.4 Å². The van der Waals surface area contributed by atoms with Crippen molar-refractivity contribution >= 4 is 52.1 Å². The van der Waals surface area contributed by atoms with Crippen molar-refractivity contribution in [1.29, 1.82) is 0 Å². The summed E-state index contributed by atoms with van der Waals surface area (Å²) in [4.78, 5) is 11.9. The fourth-order valence-corrected chi connectivity index (χ4v) is 2.22. The van der Waals surface area contributed by atoms with Gasteiger partial charge in [-0.15, -0.1) is 0 Å². The Morgan fingerprint density at radius 3 is 2.52 bits per heavy atom. The Morgan fingerprint density at radius 2 is 1.86 bits per heavy atom. The maximum atomic E-state index is 13.5. The van der Waals surface area contributed by atoms with E-state index in [0.29, 0.717) is 15.7 Å². The van der Waals surface area contributed by atoms with Crippen molar-refractivity contribution in [3.63, 3.8) is 0 Å². The normalized spacial score (nSPS) is 10.0. The maximum absolute atomic E-state index is 13.5. The first-order valence-corrected chi connectivity index (χ1v) is 6.95. The van der Waals surface area contributed by atoms with E-state index in [1.165, 1.54) is 24.3 Å². The number of hydrogen-bond donors (Lipinski definition) is 2. The molecule has 0 fully saturated rings. The Morgan fingerprint density at radius 1 is 1.14 bits per heavy atom. The molecule has 21 heavy (non-hydrogen) atoms. The van der Waals surface area contributed by atoms with Crippen LogP contribution in [0.5, 0.6) is 0 Å². The molecule has 2 aromatic carbocycles. The van der Waals surface area contributed by atoms with Gasteiger partial charge in [-0.1, -0.05) is 35.3 Å². The monoisotopic (exact) mass is 342 g/mol. The number of nitrogens with one attached hydrogen (secondary N) is 2. The molecule has 0 saturated carbocycles. The molecule has 2 N–H and O–H groups in total. The van der Waals surface area contributed by atoms with Crippen molar-refractivity contribution in [3.8, 4) is 0 Å². The fraction of sp³-hybridized carbons (Fsp3) is 0. The number of halogens is 3. The Labute approximate surface area is 136 Å². The van der Waals surface area contributed by atoms with Gasteiger partial charge in [-0.3, -0.25) is 10.1 Å². The largest absolute Gasteiger partial charge is 0.331 e. The first-order valence-electron chi connectivity index (χ1n) is 5.79. The van der Waals surface area contributed by atoms with Gasteiger partial charge in [0, 0.05) is 5.02 Å². The molecule has 0 saturated heterocycles. The van der Waals surface area contributed by atoms with Crippen LogP contribution in [-0.4, -0.2) is 11.0 Å². The number of thiocarbonyl (C=S) groups is 1. The lowest BCUT2D eigenvalue weighted by Crippen LogP contribution is -2.34. The summed E-state index contributed by atoms with van der Waals surface area (Å²) in [6, 6.07) is 10.4. The van der Waals surface area contributed by atoms with Crippen LogP contribution < -0.4 is 10.6 Å². The van der Waals surface area contributed by atoms with Gasteiger partial charge >= 0.3 is 0 Å². The number of benzene rings is 2. The first kappa shape index (κ1) is 15.7. The molecule has 0 aliphatic carbocycles. The molecule has 3 nitrogen and oxygen atoms in total. The Hall–Kier alpha value is -1.69. The minimum atomic E-state index is -0.643. The summed E-state index contributed by atoms with van der Waals surface area (Å²) in [7, 11) is 0. The molecule has 0 unspecified atom stereocenters. The van der Waals surface area contributed by atoms with Crippen molar-refractivity contribution in [3.05, 3.63) is 63.9 Å². The van der Waals surface area contributed by atoms with Crippen LogP contribution in [-0.2, 0) is 0 Å². The number of hydrogen-bond acceptors (Lipinski definition) is 2. The summed E-state index contributed by atoms with van der Waals surface area (Å²) < 4.78 is 13.5. The van der Waals surface area contributed by atoms with Crippen LogP contribution in [0.3, 0.4) is 0 Å². The van der Waals surface area contributed by atoms with E-state index in [2.05, 4.69) is 10.6 Å². The fourth-order valence-electron chi connectivity index (χ4n) is 1.56. The van der Waals surface area contributed by atoms with Gasteiger partial charge in [0.05, 0.1) is 16.3 Å². The molecule has 2 rings (SSSR count). The average Bonchev–Trinajstić information content (AvgIpc) is 2.42. The zero-order valence-electron chi connectivity index (χ0n) is 10.5. The summed E-state index contributed by atoms with van der Waals surface area (Å²) in [6.45, 7) is 0. The Bertz CT molecular complexity index is 709. The summed E-state index contributed by atoms with van der Waals surface area (Å²) in [5.41, 5.74) is 0.392. The standard InChI is InChI=1S/C14H9Cl2FN2OS/c15-8-5-6-12(10(16)7-8)18-14(21)19-13(20)9-3-1-2-4-11(9)17/h1-7H,(H2,18,19,20,21). The molecule has 0 heterocycles. The average molecular weight is 343 g/mol. The lowest BCUT2D eigenvalue weighted by Gasteiger charge is -2.11. The summed E-state index contributed by atoms with van der Waals surface area (Å²) in [6.07, 6.45) is 0. The molecule has 0 radical (unpaired) electrons. The third-order valence-corrected chi connectivity index (χ3v) is 3.28. The first-order chi connectivity index (χ1) is 9.97. The van der Waals surface area contributed by atoms with Gasteiger partial charge in [0.1, 0.15) is 5.82 Å². The smallest absolute Gasteiger partial charge is 0.260 e. The van der Waals surface area contributed by atoms with E-state index in [1.54, 1.807) is 18.2 Å². The van der Waals surface area contributed by atoms with E-state index in [9.17, 15) is 9.18 Å². The number of amides is 1. The maximum Gasteiger partial charge on any atom is 0.260 e. The molecule has 0 bridgehead atoms. The van der Waals surface area contributed by atoms with Crippen molar-refractivity contribution in [2.75, 3.05) is 5.32 Å².